The fourth-order valence-corrected chi connectivity index (χ4v) is 2.08. The summed E-state index contributed by atoms with van der Waals surface area (Å²) in [5, 5.41) is 16.9. The van der Waals surface area contributed by atoms with E-state index in [1.54, 1.807) is 24.5 Å². The first kappa shape index (κ1) is 17.2. The molecular formula is C17H16FN7O. The number of hydrogen-bond donors (Lipinski definition) is 3. The SMILES string of the molecule is O=C(NCCNc1ccc(Nc2cccnc2)nn1)c1cncc(F)c1. The van der Waals surface area contributed by atoms with E-state index in [1.807, 2.05) is 12.1 Å². The van der Waals surface area contributed by atoms with Crippen LogP contribution in [0.2, 0.25) is 0 Å². The molecule has 0 saturated carbocycles. The summed E-state index contributed by atoms with van der Waals surface area (Å²) in [5.41, 5.74) is 0.993. The van der Waals surface area contributed by atoms with Crippen molar-refractivity contribution in [2.24, 2.45) is 0 Å². The van der Waals surface area contributed by atoms with Gasteiger partial charge < -0.3 is 16.0 Å². The van der Waals surface area contributed by atoms with Gasteiger partial charge >= 0.3 is 0 Å². The van der Waals surface area contributed by atoms with Crippen molar-refractivity contribution < 1.29 is 9.18 Å². The average molecular weight is 353 g/mol. The Labute approximate surface area is 148 Å². The summed E-state index contributed by atoms with van der Waals surface area (Å²) < 4.78 is 13.0. The van der Waals surface area contributed by atoms with E-state index in [1.165, 1.54) is 6.20 Å². The highest BCUT2D eigenvalue weighted by Crippen LogP contribution is 2.12. The van der Waals surface area contributed by atoms with E-state index < -0.39 is 5.82 Å². The summed E-state index contributed by atoms with van der Waals surface area (Å²) >= 11 is 0. The van der Waals surface area contributed by atoms with Gasteiger partial charge in [0.15, 0.2) is 5.82 Å². The second-order valence-corrected chi connectivity index (χ2v) is 5.25. The van der Waals surface area contributed by atoms with E-state index in [4.69, 9.17) is 0 Å². The molecule has 0 aromatic carbocycles. The summed E-state index contributed by atoms with van der Waals surface area (Å²) in [6.45, 7) is 0.783. The molecule has 0 radical (unpaired) electrons. The quantitative estimate of drug-likeness (QED) is 0.558. The zero-order chi connectivity index (χ0) is 18.2. The minimum absolute atomic E-state index is 0.177. The van der Waals surface area contributed by atoms with Gasteiger partial charge in [0.25, 0.3) is 5.91 Å². The number of halogens is 1. The van der Waals surface area contributed by atoms with Crippen LogP contribution in [0.15, 0.2) is 55.1 Å². The van der Waals surface area contributed by atoms with Crippen molar-refractivity contribution in [2.75, 3.05) is 23.7 Å². The molecule has 0 bridgehead atoms. The third-order valence-electron chi connectivity index (χ3n) is 3.28. The highest BCUT2D eigenvalue weighted by Gasteiger charge is 2.06. The molecule has 1 amide bonds. The Morgan fingerprint density at radius 1 is 1.00 bits per heavy atom. The van der Waals surface area contributed by atoms with Crippen LogP contribution in [0.4, 0.5) is 21.7 Å². The van der Waals surface area contributed by atoms with Crippen molar-refractivity contribution in [1.29, 1.82) is 0 Å². The molecule has 3 aromatic rings. The number of nitrogens with zero attached hydrogens (tertiary/aromatic N) is 4. The van der Waals surface area contributed by atoms with Crippen LogP contribution >= 0.6 is 0 Å². The number of pyridine rings is 2. The summed E-state index contributed by atoms with van der Waals surface area (Å²) in [4.78, 5) is 19.5. The number of anilines is 3. The summed E-state index contributed by atoms with van der Waals surface area (Å²) in [5.74, 6) is 0.228. The summed E-state index contributed by atoms with van der Waals surface area (Å²) in [6.07, 6.45) is 5.73. The van der Waals surface area contributed by atoms with Gasteiger partial charge in [0.2, 0.25) is 0 Å². The van der Waals surface area contributed by atoms with E-state index in [2.05, 4.69) is 36.1 Å². The van der Waals surface area contributed by atoms with Gasteiger partial charge in [-0.2, -0.15) is 0 Å². The Balaban J connectivity index is 1.43. The van der Waals surface area contributed by atoms with Crippen LogP contribution in [0.3, 0.4) is 0 Å². The zero-order valence-electron chi connectivity index (χ0n) is 13.7. The maximum atomic E-state index is 13.0. The second-order valence-electron chi connectivity index (χ2n) is 5.25. The standard InChI is InChI=1S/C17H16FN7O/c18-13-8-12(9-20-10-13)17(26)22-7-6-21-15-3-4-16(25-24-15)23-14-2-1-5-19-11-14/h1-5,8-11H,6-7H2,(H,21,24)(H,22,26)(H,23,25). The Hall–Kier alpha value is -3.62. The van der Waals surface area contributed by atoms with Crippen LogP contribution < -0.4 is 16.0 Å². The van der Waals surface area contributed by atoms with Crippen LogP contribution in [-0.4, -0.2) is 39.2 Å². The first-order valence-electron chi connectivity index (χ1n) is 7.84. The molecule has 8 nitrogen and oxygen atoms in total. The van der Waals surface area contributed by atoms with Crippen molar-refractivity contribution in [2.45, 2.75) is 0 Å². The van der Waals surface area contributed by atoms with Crippen molar-refractivity contribution in [3.8, 4) is 0 Å². The molecule has 0 fully saturated rings. The van der Waals surface area contributed by atoms with Crippen LogP contribution in [0, 0.1) is 5.82 Å². The van der Waals surface area contributed by atoms with Gasteiger partial charge in [0.1, 0.15) is 11.6 Å². The smallest absolute Gasteiger partial charge is 0.253 e. The Morgan fingerprint density at radius 3 is 2.58 bits per heavy atom. The molecule has 0 aliphatic heterocycles. The van der Waals surface area contributed by atoms with Crippen LogP contribution in [0.25, 0.3) is 0 Å². The highest BCUT2D eigenvalue weighted by molar-refractivity contribution is 5.93. The molecule has 0 aliphatic rings. The van der Waals surface area contributed by atoms with Crippen molar-refractivity contribution in [3.63, 3.8) is 0 Å². The third-order valence-corrected chi connectivity index (χ3v) is 3.28. The van der Waals surface area contributed by atoms with Crippen molar-refractivity contribution in [3.05, 3.63) is 66.5 Å². The number of rotatable bonds is 7. The minimum atomic E-state index is -0.550. The predicted molar refractivity (Wildman–Crippen MR) is 94.6 cm³/mol. The molecule has 3 N–H and O–H groups in total. The fraction of sp³-hybridized carbons (Fsp3) is 0.118. The van der Waals surface area contributed by atoms with Crippen LogP contribution in [-0.2, 0) is 0 Å². The lowest BCUT2D eigenvalue weighted by Crippen LogP contribution is -2.29. The van der Waals surface area contributed by atoms with E-state index in [0.29, 0.717) is 24.7 Å². The zero-order valence-corrected chi connectivity index (χ0v) is 13.7. The Kier molecular flexibility index (Phi) is 5.61. The lowest BCUT2D eigenvalue weighted by Gasteiger charge is -2.08. The number of aromatic nitrogens is 4. The van der Waals surface area contributed by atoms with Gasteiger partial charge in [-0.1, -0.05) is 0 Å². The lowest BCUT2D eigenvalue weighted by atomic mass is 10.2. The predicted octanol–water partition coefficient (Wildman–Crippen LogP) is 1.99. The van der Waals surface area contributed by atoms with E-state index >= 15 is 0 Å². The first-order valence-corrected chi connectivity index (χ1v) is 7.84. The highest BCUT2D eigenvalue weighted by atomic mass is 19.1. The molecule has 3 heterocycles. The maximum absolute atomic E-state index is 13.0. The normalized spacial score (nSPS) is 10.2. The fourth-order valence-electron chi connectivity index (χ4n) is 2.08. The van der Waals surface area contributed by atoms with Gasteiger partial charge in [-0.15, -0.1) is 10.2 Å². The van der Waals surface area contributed by atoms with Crippen molar-refractivity contribution in [1.82, 2.24) is 25.5 Å². The van der Waals surface area contributed by atoms with Crippen LogP contribution in [0.5, 0.6) is 0 Å². The molecule has 9 heteroatoms. The summed E-state index contributed by atoms with van der Waals surface area (Å²) in [7, 11) is 0. The molecule has 3 rings (SSSR count). The number of nitrogens with one attached hydrogen (secondary N) is 3. The Bertz CT molecular complexity index is 859. The van der Waals surface area contributed by atoms with Crippen LogP contribution in [0.1, 0.15) is 10.4 Å². The number of hydrogen-bond acceptors (Lipinski definition) is 7. The molecule has 0 spiro atoms. The molecule has 0 saturated heterocycles. The second kappa shape index (κ2) is 8.47. The topological polar surface area (TPSA) is 105 Å². The van der Waals surface area contributed by atoms with Gasteiger partial charge in [0, 0.05) is 25.5 Å². The van der Waals surface area contributed by atoms with Gasteiger partial charge in [0.05, 0.1) is 23.6 Å². The lowest BCUT2D eigenvalue weighted by molar-refractivity contribution is 0.0954. The average Bonchev–Trinajstić information content (AvgIpc) is 2.67. The molecule has 0 aliphatic carbocycles. The maximum Gasteiger partial charge on any atom is 0.253 e. The van der Waals surface area contributed by atoms with Gasteiger partial charge in [-0.25, -0.2) is 4.39 Å². The Morgan fingerprint density at radius 2 is 1.85 bits per heavy atom. The molecule has 26 heavy (non-hydrogen) atoms. The molecular weight excluding hydrogens is 337 g/mol. The summed E-state index contributed by atoms with van der Waals surface area (Å²) in [6, 6.07) is 8.37. The first-order chi connectivity index (χ1) is 12.7. The van der Waals surface area contributed by atoms with E-state index in [0.717, 1.165) is 18.0 Å². The monoisotopic (exact) mass is 353 g/mol. The third kappa shape index (κ3) is 4.94. The van der Waals surface area contributed by atoms with E-state index in [9.17, 15) is 9.18 Å². The molecule has 0 atom stereocenters. The molecule has 0 unspecified atom stereocenters. The van der Waals surface area contributed by atoms with Gasteiger partial charge in [-0.05, 0) is 30.3 Å². The largest absolute Gasteiger partial charge is 0.367 e. The number of amides is 1. The number of carbonyl (C=O) groups excluding carboxylic acids is 1. The molecule has 132 valence electrons. The van der Waals surface area contributed by atoms with Gasteiger partial charge in [-0.3, -0.25) is 14.8 Å². The molecule has 3 aromatic heterocycles. The number of carbonyl (C=O) groups is 1. The van der Waals surface area contributed by atoms with Crippen molar-refractivity contribution >= 4 is 23.2 Å². The minimum Gasteiger partial charge on any atom is -0.367 e. The van der Waals surface area contributed by atoms with E-state index in [-0.39, 0.29) is 11.5 Å².